The van der Waals surface area contributed by atoms with Crippen molar-refractivity contribution >= 4 is 5.91 Å². The molecule has 0 aromatic rings. The highest BCUT2D eigenvalue weighted by Gasteiger charge is 2.65. The lowest BCUT2D eigenvalue weighted by Crippen LogP contribution is -2.44. The molecule has 0 aromatic carbocycles. The minimum absolute atomic E-state index is 0.145. The molecule has 1 heterocycles. The van der Waals surface area contributed by atoms with Crippen LogP contribution >= 0.6 is 0 Å². The van der Waals surface area contributed by atoms with Crippen LogP contribution < -0.4 is 5.32 Å². The third-order valence-corrected chi connectivity index (χ3v) is 4.55. The number of rotatable bonds is 2. The van der Waals surface area contributed by atoms with Crippen molar-refractivity contribution in [2.45, 2.75) is 64.7 Å². The fourth-order valence-corrected chi connectivity index (χ4v) is 3.01. The number of amides is 1. The first-order valence-electron chi connectivity index (χ1n) is 6.48. The summed E-state index contributed by atoms with van der Waals surface area (Å²) in [5.41, 5.74) is 0.193. The van der Waals surface area contributed by atoms with E-state index in [1.807, 2.05) is 0 Å². The maximum atomic E-state index is 12.4. The SMILES string of the molecule is CC(C)C1NC2(CC2)C(=O)N1C1CC1(C)C. The Hall–Kier alpha value is -0.570. The molecule has 2 atom stereocenters. The highest BCUT2D eigenvalue weighted by atomic mass is 16.2. The molecule has 2 unspecified atom stereocenters. The Morgan fingerprint density at radius 2 is 1.94 bits per heavy atom. The minimum Gasteiger partial charge on any atom is -0.322 e. The Balaban J connectivity index is 1.86. The van der Waals surface area contributed by atoms with Gasteiger partial charge in [-0.2, -0.15) is 0 Å². The van der Waals surface area contributed by atoms with E-state index in [0.29, 0.717) is 23.3 Å². The van der Waals surface area contributed by atoms with Crippen molar-refractivity contribution in [1.29, 1.82) is 0 Å². The van der Waals surface area contributed by atoms with Gasteiger partial charge in [0.25, 0.3) is 0 Å². The summed E-state index contributed by atoms with van der Waals surface area (Å²) >= 11 is 0. The van der Waals surface area contributed by atoms with Gasteiger partial charge in [-0.25, -0.2) is 0 Å². The zero-order valence-corrected chi connectivity index (χ0v) is 10.7. The highest BCUT2D eigenvalue weighted by molar-refractivity contribution is 5.92. The van der Waals surface area contributed by atoms with E-state index >= 15 is 0 Å². The van der Waals surface area contributed by atoms with Crippen molar-refractivity contribution in [3.8, 4) is 0 Å². The van der Waals surface area contributed by atoms with Crippen LogP contribution in [-0.4, -0.2) is 28.6 Å². The summed E-state index contributed by atoms with van der Waals surface area (Å²) in [4.78, 5) is 14.6. The van der Waals surface area contributed by atoms with Crippen molar-refractivity contribution < 1.29 is 4.79 Å². The average Bonchev–Trinajstić information content (AvgIpc) is 3.02. The van der Waals surface area contributed by atoms with Crippen molar-refractivity contribution in [3.63, 3.8) is 0 Å². The molecule has 90 valence electrons. The standard InChI is InChI=1S/C13H22N2O/c1-8(2)10-14-13(5-6-13)11(16)15(10)9-7-12(9,3)4/h8-10,14H,5-7H2,1-4H3. The van der Waals surface area contributed by atoms with Gasteiger partial charge in [0.05, 0.1) is 11.7 Å². The quantitative estimate of drug-likeness (QED) is 0.771. The molecule has 0 bridgehead atoms. The summed E-state index contributed by atoms with van der Waals surface area (Å²) in [7, 11) is 0. The third kappa shape index (κ3) is 1.27. The second-order valence-corrected chi connectivity index (χ2v) is 6.84. The second kappa shape index (κ2) is 2.81. The fraction of sp³-hybridized carbons (Fsp3) is 0.923. The maximum absolute atomic E-state index is 12.4. The number of nitrogens with zero attached hydrogens (tertiary/aromatic N) is 1. The summed E-state index contributed by atoms with van der Waals surface area (Å²) in [6.07, 6.45) is 3.51. The van der Waals surface area contributed by atoms with Crippen LogP contribution in [0.4, 0.5) is 0 Å². The zero-order chi connectivity index (χ0) is 11.7. The van der Waals surface area contributed by atoms with Crippen molar-refractivity contribution in [2.24, 2.45) is 11.3 Å². The molecule has 1 spiro atoms. The van der Waals surface area contributed by atoms with E-state index in [1.165, 1.54) is 6.42 Å². The third-order valence-electron chi connectivity index (χ3n) is 4.55. The molecule has 2 aliphatic carbocycles. The molecule has 2 saturated carbocycles. The fourth-order valence-electron chi connectivity index (χ4n) is 3.01. The molecule has 0 radical (unpaired) electrons. The van der Waals surface area contributed by atoms with Gasteiger partial charge in [0.15, 0.2) is 0 Å². The molecule has 3 fully saturated rings. The van der Waals surface area contributed by atoms with E-state index in [9.17, 15) is 4.79 Å². The van der Waals surface area contributed by atoms with Crippen LogP contribution in [0.1, 0.15) is 47.0 Å². The molecular weight excluding hydrogens is 200 g/mol. The van der Waals surface area contributed by atoms with Crippen LogP contribution in [-0.2, 0) is 4.79 Å². The number of carbonyl (C=O) groups excluding carboxylic acids is 1. The lowest BCUT2D eigenvalue weighted by molar-refractivity contribution is -0.132. The lowest BCUT2D eigenvalue weighted by atomic mass is 10.1. The molecule has 1 amide bonds. The van der Waals surface area contributed by atoms with E-state index in [1.54, 1.807) is 0 Å². The summed E-state index contributed by atoms with van der Waals surface area (Å²) in [6, 6.07) is 0.472. The van der Waals surface area contributed by atoms with Crippen LogP contribution in [0.15, 0.2) is 0 Å². The van der Waals surface area contributed by atoms with Gasteiger partial charge in [-0.15, -0.1) is 0 Å². The van der Waals surface area contributed by atoms with E-state index in [2.05, 4.69) is 37.9 Å². The van der Waals surface area contributed by atoms with Crippen LogP contribution in [0, 0.1) is 11.3 Å². The summed E-state index contributed by atoms with van der Waals surface area (Å²) in [5, 5.41) is 3.58. The molecular formula is C13H22N2O. The summed E-state index contributed by atoms with van der Waals surface area (Å²) < 4.78 is 0. The second-order valence-electron chi connectivity index (χ2n) is 6.84. The van der Waals surface area contributed by atoms with E-state index in [-0.39, 0.29) is 11.7 Å². The summed E-state index contributed by atoms with van der Waals surface area (Å²) in [5.74, 6) is 0.877. The first-order valence-corrected chi connectivity index (χ1v) is 6.48. The van der Waals surface area contributed by atoms with Gasteiger partial charge in [-0.3, -0.25) is 10.1 Å². The molecule has 1 saturated heterocycles. The van der Waals surface area contributed by atoms with Gasteiger partial charge in [0, 0.05) is 6.04 Å². The smallest absolute Gasteiger partial charge is 0.244 e. The maximum Gasteiger partial charge on any atom is 0.244 e. The number of hydrogen-bond donors (Lipinski definition) is 1. The molecule has 3 aliphatic rings. The highest BCUT2D eigenvalue weighted by Crippen LogP contribution is 2.54. The lowest BCUT2D eigenvalue weighted by Gasteiger charge is -2.28. The van der Waals surface area contributed by atoms with Gasteiger partial charge >= 0.3 is 0 Å². The Morgan fingerprint density at radius 3 is 2.31 bits per heavy atom. The van der Waals surface area contributed by atoms with E-state index in [4.69, 9.17) is 0 Å². The monoisotopic (exact) mass is 222 g/mol. The molecule has 3 heteroatoms. The van der Waals surface area contributed by atoms with E-state index < -0.39 is 0 Å². The van der Waals surface area contributed by atoms with Crippen molar-refractivity contribution in [1.82, 2.24) is 10.2 Å². The van der Waals surface area contributed by atoms with Crippen molar-refractivity contribution in [2.75, 3.05) is 0 Å². The molecule has 0 aromatic heterocycles. The minimum atomic E-state index is -0.145. The van der Waals surface area contributed by atoms with E-state index in [0.717, 1.165) is 12.8 Å². The van der Waals surface area contributed by atoms with Crippen LogP contribution in [0.5, 0.6) is 0 Å². The van der Waals surface area contributed by atoms with Crippen LogP contribution in [0.25, 0.3) is 0 Å². The number of hydrogen-bond acceptors (Lipinski definition) is 2. The van der Waals surface area contributed by atoms with Gasteiger partial charge in [-0.1, -0.05) is 27.7 Å². The van der Waals surface area contributed by atoms with Crippen LogP contribution in [0.2, 0.25) is 0 Å². The molecule has 16 heavy (non-hydrogen) atoms. The predicted octanol–water partition coefficient (Wildman–Crippen LogP) is 1.73. The first kappa shape index (κ1) is 10.6. The average molecular weight is 222 g/mol. The molecule has 1 N–H and O–H groups in total. The first-order chi connectivity index (χ1) is 7.37. The Bertz CT molecular complexity index is 344. The van der Waals surface area contributed by atoms with Gasteiger partial charge < -0.3 is 4.90 Å². The Kier molecular flexibility index (Phi) is 1.86. The summed E-state index contributed by atoms with van der Waals surface area (Å²) in [6.45, 7) is 8.93. The normalized spacial score (nSPS) is 38.6. The van der Waals surface area contributed by atoms with Gasteiger partial charge in [0.2, 0.25) is 5.91 Å². The predicted molar refractivity (Wildman–Crippen MR) is 62.8 cm³/mol. The molecule has 3 rings (SSSR count). The topological polar surface area (TPSA) is 32.3 Å². The van der Waals surface area contributed by atoms with Crippen molar-refractivity contribution in [3.05, 3.63) is 0 Å². The number of carbonyl (C=O) groups is 1. The van der Waals surface area contributed by atoms with Gasteiger partial charge in [-0.05, 0) is 30.6 Å². The molecule has 3 nitrogen and oxygen atoms in total. The van der Waals surface area contributed by atoms with Gasteiger partial charge in [0.1, 0.15) is 0 Å². The van der Waals surface area contributed by atoms with Crippen LogP contribution in [0.3, 0.4) is 0 Å². The largest absolute Gasteiger partial charge is 0.322 e. The molecule has 1 aliphatic heterocycles. The number of nitrogens with one attached hydrogen (secondary N) is 1. The Labute approximate surface area is 97.6 Å². The Morgan fingerprint density at radius 1 is 1.38 bits per heavy atom. The zero-order valence-electron chi connectivity index (χ0n) is 10.7.